The minimum Gasteiger partial charge on any atom is -0.324 e. The first-order valence-electron chi connectivity index (χ1n) is 8.18. The van der Waals surface area contributed by atoms with Gasteiger partial charge in [0.2, 0.25) is 0 Å². The SMILES string of the molecule is CC1Cn2c(-c3ccn[nH]3)nnc2C(C)N1C(=O)c1cccc(Cl)c1Cl. The highest BCUT2D eigenvalue weighted by Gasteiger charge is 2.37. The molecule has 2 aromatic heterocycles. The monoisotopic (exact) mass is 390 g/mol. The van der Waals surface area contributed by atoms with Gasteiger partial charge in [0.1, 0.15) is 5.69 Å². The van der Waals surface area contributed by atoms with E-state index in [0.717, 1.165) is 11.5 Å². The van der Waals surface area contributed by atoms with Crippen molar-refractivity contribution in [3.05, 3.63) is 51.9 Å². The lowest BCUT2D eigenvalue weighted by Crippen LogP contribution is -2.47. The number of fused-ring (bicyclic) bond motifs is 1. The van der Waals surface area contributed by atoms with Crippen LogP contribution in [-0.2, 0) is 6.54 Å². The van der Waals surface area contributed by atoms with Gasteiger partial charge in [-0.1, -0.05) is 29.3 Å². The minimum atomic E-state index is -0.259. The van der Waals surface area contributed by atoms with Crippen LogP contribution in [0.5, 0.6) is 0 Å². The molecule has 1 aliphatic rings. The van der Waals surface area contributed by atoms with Gasteiger partial charge in [-0.3, -0.25) is 9.89 Å². The zero-order valence-corrected chi connectivity index (χ0v) is 15.7. The Morgan fingerprint density at radius 1 is 1.23 bits per heavy atom. The van der Waals surface area contributed by atoms with Crippen LogP contribution in [0.15, 0.2) is 30.5 Å². The van der Waals surface area contributed by atoms with Crippen LogP contribution in [0, 0.1) is 0 Å². The Morgan fingerprint density at radius 3 is 2.77 bits per heavy atom. The van der Waals surface area contributed by atoms with Crippen LogP contribution in [-0.4, -0.2) is 41.8 Å². The summed E-state index contributed by atoms with van der Waals surface area (Å²) < 4.78 is 2.02. The fraction of sp³-hybridized carbons (Fsp3) is 0.294. The third kappa shape index (κ3) is 2.59. The third-order valence-electron chi connectivity index (χ3n) is 4.65. The Balaban J connectivity index is 1.72. The van der Waals surface area contributed by atoms with Gasteiger partial charge in [-0.25, -0.2) is 0 Å². The van der Waals surface area contributed by atoms with Crippen LogP contribution in [0.2, 0.25) is 10.0 Å². The third-order valence-corrected chi connectivity index (χ3v) is 5.47. The number of H-pyrrole nitrogens is 1. The minimum absolute atomic E-state index is 0.0716. The molecule has 2 atom stereocenters. The number of hydrogen-bond acceptors (Lipinski definition) is 4. The number of nitrogens with zero attached hydrogens (tertiary/aromatic N) is 5. The van der Waals surface area contributed by atoms with Gasteiger partial charge in [0.25, 0.3) is 5.91 Å². The van der Waals surface area contributed by atoms with Gasteiger partial charge in [0.05, 0.1) is 21.7 Å². The van der Waals surface area contributed by atoms with Crippen LogP contribution in [0.1, 0.15) is 36.1 Å². The molecule has 1 amide bonds. The highest BCUT2D eigenvalue weighted by Crippen LogP contribution is 2.34. The molecule has 134 valence electrons. The number of aromatic nitrogens is 5. The van der Waals surface area contributed by atoms with Crippen molar-refractivity contribution in [2.24, 2.45) is 0 Å². The van der Waals surface area contributed by atoms with Gasteiger partial charge in [-0.05, 0) is 32.0 Å². The maximum absolute atomic E-state index is 13.1. The molecule has 0 spiro atoms. The quantitative estimate of drug-likeness (QED) is 0.724. The smallest absolute Gasteiger partial charge is 0.256 e. The zero-order valence-electron chi connectivity index (χ0n) is 14.1. The van der Waals surface area contributed by atoms with Gasteiger partial charge >= 0.3 is 0 Å². The molecule has 0 saturated heterocycles. The van der Waals surface area contributed by atoms with Gasteiger partial charge in [0.15, 0.2) is 11.6 Å². The molecule has 0 aliphatic carbocycles. The van der Waals surface area contributed by atoms with Gasteiger partial charge in [0, 0.05) is 18.8 Å². The van der Waals surface area contributed by atoms with Crippen molar-refractivity contribution in [1.82, 2.24) is 29.9 Å². The van der Waals surface area contributed by atoms with Crippen molar-refractivity contribution >= 4 is 29.1 Å². The van der Waals surface area contributed by atoms with E-state index in [4.69, 9.17) is 23.2 Å². The molecule has 0 saturated carbocycles. The van der Waals surface area contributed by atoms with E-state index in [1.165, 1.54) is 0 Å². The summed E-state index contributed by atoms with van der Waals surface area (Å²) in [5, 5.41) is 16.1. The number of aromatic amines is 1. The molecule has 9 heteroatoms. The summed E-state index contributed by atoms with van der Waals surface area (Å²) in [4.78, 5) is 14.9. The van der Waals surface area contributed by atoms with Crippen molar-refractivity contribution < 1.29 is 4.79 Å². The van der Waals surface area contributed by atoms with Gasteiger partial charge < -0.3 is 9.47 Å². The Morgan fingerprint density at radius 2 is 2.04 bits per heavy atom. The van der Waals surface area contributed by atoms with Gasteiger partial charge in [-0.2, -0.15) is 5.10 Å². The summed E-state index contributed by atoms with van der Waals surface area (Å²) in [6, 6.07) is 6.58. The molecule has 0 bridgehead atoms. The molecule has 7 nitrogen and oxygen atoms in total. The second-order valence-corrected chi connectivity index (χ2v) is 7.09. The zero-order chi connectivity index (χ0) is 18.4. The van der Waals surface area contributed by atoms with Crippen LogP contribution in [0.25, 0.3) is 11.5 Å². The average molecular weight is 391 g/mol. The maximum Gasteiger partial charge on any atom is 0.256 e. The van der Waals surface area contributed by atoms with E-state index in [-0.39, 0.29) is 23.0 Å². The van der Waals surface area contributed by atoms with E-state index < -0.39 is 0 Å². The summed E-state index contributed by atoms with van der Waals surface area (Å²) in [5.74, 6) is 1.26. The molecular weight excluding hydrogens is 375 g/mol. The molecule has 26 heavy (non-hydrogen) atoms. The lowest BCUT2D eigenvalue weighted by atomic mass is 10.1. The van der Waals surface area contributed by atoms with E-state index in [0.29, 0.717) is 23.0 Å². The molecule has 2 unspecified atom stereocenters. The lowest BCUT2D eigenvalue weighted by molar-refractivity contribution is 0.0514. The summed E-state index contributed by atoms with van der Waals surface area (Å²) in [7, 11) is 0. The number of rotatable bonds is 2. The largest absolute Gasteiger partial charge is 0.324 e. The summed E-state index contributed by atoms with van der Waals surface area (Å²) in [6.07, 6.45) is 1.67. The van der Waals surface area contributed by atoms with E-state index in [1.54, 1.807) is 29.3 Å². The van der Waals surface area contributed by atoms with Crippen LogP contribution in [0.4, 0.5) is 0 Å². The molecule has 1 N–H and O–H groups in total. The summed E-state index contributed by atoms with van der Waals surface area (Å²) in [5.41, 5.74) is 1.18. The molecule has 0 radical (unpaired) electrons. The highest BCUT2D eigenvalue weighted by atomic mass is 35.5. The van der Waals surface area contributed by atoms with Crippen LogP contribution in [0.3, 0.4) is 0 Å². The Labute approximate surface area is 159 Å². The number of carbonyl (C=O) groups is 1. The molecule has 4 rings (SSSR count). The number of halogens is 2. The second kappa shape index (κ2) is 6.41. The topological polar surface area (TPSA) is 79.7 Å². The lowest BCUT2D eigenvalue weighted by Gasteiger charge is -2.39. The van der Waals surface area contributed by atoms with E-state index in [2.05, 4.69) is 20.4 Å². The van der Waals surface area contributed by atoms with E-state index >= 15 is 0 Å². The van der Waals surface area contributed by atoms with Crippen molar-refractivity contribution in [3.63, 3.8) is 0 Å². The molecule has 3 heterocycles. The van der Waals surface area contributed by atoms with Crippen molar-refractivity contribution in [3.8, 4) is 11.5 Å². The van der Waals surface area contributed by atoms with Crippen LogP contribution < -0.4 is 0 Å². The fourth-order valence-corrected chi connectivity index (χ4v) is 3.81. The highest BCUT2D eigenvalue weighted by molar-refractivity contribution is 6.43. The second-order valence-electron chi connectivity index (χ2n) is 6.30. The molecule has 3 aromatic rings. The number of nitrogens with one attached hydrogen (secondary N) is 1. The summed E-state index contributed by atoms with van der Waals surface area (Å²) in [6.45, 7) is 4.50. The predicted molar refractivity (Wildman–Crippen MR) is 98.1 cm³/mol. The molecule has 0 fully saturated rings. The molecular formula is C17H16Cl2N6O. The first-order valence-corrected chi connectivity index (χ1v) is 8.94. The maximum atomic E-state index is 13.1. The Bertz CT molecular complexity index is 968. The predicted octanol–water partition coefficient (Wildman–Crippen LogP) is 3.58. The van der Waals surface area contributed by atoms with Gasteiger partial charge in [-0.15, -0.1) is 10.2 Å². The van der Waals surface area contributed by atoms with E-state index in [9.17, 15) is 4.79 Å². The standard InChI is InChI=1S/C17H16Cl2N6O/c1-9-8-24-15(22-23-16(24)13-6-7-20-21-13)10(2)25(9)17(26)11-4-3-5-12(18)14(11)19/h3-7,9-10H,8H2,1-2H3,(H,20,21). The molecule has 1 aromatic carbocycles. The van der Waals surface area contributed by atoms with Crippen LogP contribution >= 0.6 is 23.2 Å². The number of amides is 1. The Hall–Kier alpha value is -2.38. The Kier molecular flexibility index (Phi) is 4.20. The number of carbonyl (C=O) groups excluding carboxylic acids is 1. The molecule has 1 aliphatic heterocycles. The number of hydrogen-bond donors (Lipinski definition) is 1. The first kappa shape index (κ1) is 17.1. The first-order chi connectivity index (χ1) is 12.5. The normalized spacial score (nSPS) is 19.5. The van der Waals surface area contributed by atoms with E-state index in [1.807, 2.05) is 24.5 Å². The van der Waals surface area contributed by atoms with Crippen molar-refractivity contribution in [1.29, 1.82) is 0 Å². The van der Waals surface area contributed by atoms with Crippen molar-refractivity contribution in [2.45, 2.75) is 32.5 Å². The fourth-order valence-electron chi connectivity index (χ4n) is 3.43. The average Bonchev–Trinajstić information content (AvgIpc) is 3.26. The number of benzene rings is 1. The summed E-state index contributed by atoms with van der Waals surface area (Å²) >= 11 is 12.3. The van der Waals surface area contributed by atoms with Crippen molar-refractivity contribution in [2.75, 3.05) is 0 Å².